The highest BCUT2D eigenvalue weighted by molar-refractivity contribution is 6.27. The van der Waals surface area contributed by atoms with Crippen LogP contribution in [0.5, 0.6) is 0 Å². The number of benzene rings is 1. The van der Waals surface area contributed by atoms with E-state index in [1.807, 2.05) is 4.90 Å². The van der Waals surface area contributed by atoms with Crippen LogP contribution in [-0.2, 0) is 4.79 Å². The summed E-state index contributed by atoms with van der Waals surface area (Å²) in [5.41, 5.74) is 2.47. The lowest BCUT2D eigenvalue weighted by atomic mass is 10.0. The SMILES string of the molecule is Cc1ccc(C2CCCN2C(=O)CCl)cc1. The third-order valence-corrected chi connectivity index (χ3v) is 3.38. The standard InChI is InChI=1S/C13H16ClNO/c1-10-4-6-11(7-5-10)12-3-2-8-15(12)13(16)9-14/h4-7,12H,2-3,8-9H2,1H3. The molecule has 0 aromatic heterocycles. The zero-order valence-electron chi connectivity index (χ0n) is 9.45. The van der Waals surface area contributed by atoms with Gasteiger partial charge in [-0.25, -0.2) is 0 Å². The minimum absolute atomic E-state index is 0.0461. The Kier molecular flexibility index (Phi) is 3.49. The zero-order valence-corrected chi connectivity index (χ0v) is 10.2. The second-order valence-corrected chi connectivity index (χ2v) is 4.56. The molecule has 0 aliphatic carbocycles. The van der Waals surface area contributed by atoms with Crippen LogP contribution in [0.2, 0.25) is 0 Å². The van der Waals surface area contributed by atoms with Gasteiger partial charge in [-0.05, 0) is 25.3 Å². The predicted molar refractivity (Wildman–Crippen MR) is 65.6 cm³/mol. The molecular weight excluding hydrogens is 222 g/mol. The monoisotopic (exact) mass is 237 g/mol. The lowest BCUT2D eigenvalue weighted by Gasteiger charge is -2.24. The number of hydrogen-bond donors (Lipinski definition) is 0. The van der Waals surface area contributed by atoms with Crippen LogP contribution in [0.3, 0.4) is 0 Å². The molecule has 1 aliphatic heterocycles. The smallest absolute Gasteiger partial charge is 0.238 e. The van der Waals surface area contributed by atoms with Crippen molar-refractivity contribution < 1.29 is 4.79 Å². The molecule has 1 saturated heterocycles. The van der Waals surface area contributed by atoms with E-state index in [0.717, 1.165) is 19.4 Å². The topological polar surface area (TPSA) is 20.3 Å². The Morgan fingerprint density at radius 3 is 2.75 bits per heavy atom. The number of nitrogens with zero attached hydrogens (tertiary/aromatic N) is 1. The second-order valence-electron chi connectivity index (χ2n) is 4.29. The van der Waals surface area contributed by atoms with Crippen LogP contribution in [0.15, 0.2) is 24.3 Å². The maximum Gasteiger partial charge on any atom is 0.238 e. The van der Waals surface area contributed by atoms with E-state index in [0.29, 0.717) is 0 Å². The molecule has 1 fully saturated rings. The lowest BCUT2D eigenvalue weighted by Crippen LogP contribution is -2.31. The fraction of sp³-hybridized carbons (Fsp3) is 0.462. The average Bonchev–Trinajstić information content (AvgIpc) is 2.78. The summed E-state index contributed by atoms with van der Waals surface area (Å²) < 4.78 is 0. The molecule has 1 atom stereocenters. The minimum atomic E-state index is 0.0461. The first kappa shape index (κ1) is 11.5. The number of alkyl halides is 1. The molecule has 0 radical (unpaired) electrons. The molecule has 2 nitrogen and oxygen atoms in total. The van der Waals surface area contributed by atoms with Crippen molar-refractivity contribution in [1.29, 1.82) is 0 Å². The summed E-state index contributed by atoms with van der Waals surface area (Å²) in [4.78, 5) is 13.6. The molecule has 3 heteroatoms. The van der Waals surface area contributed by atoms with Crippen LogP contribution in [0.4, 0.5) is 0 Å². The normalized spacial score (nSPS) is 20.1. The van der Waals surface area contributed by atoms with Gasteiger partial charge in [0.05, 0.1) is 6.04 Å². The van der Waals surface area contributed by atoms with Crippen molar-refractivity contribution in [3.05, 3.63) is 35.4 Å². The summed E-state index contributed by atoms with van der Waals surface area (Å²) >= 11 is 5.62. The molecule has 0 bridgehead atoms. The van der Waals surface area contributed by atoms with E-state index >= 15 is 0 Å². The molecule has 2 rings (SSSR count). The number of halogens is 1. The molecule has 0 spiro atoms. The van der Waals surface area contributed by atoms with Gasteiger partial charge in [0.2, 0.25) is 5.91 Å². The van der Waals surface area contributed by atoms with Gasteiger partial charge in [-0.2, -0.15) is 0 Å². The van der Waals surface area contributed by atoms with E-state index in [4.69, 9.17) is 11.6 Å². The third kappa shape index (κ3) is 2.22. The summed E-state index contributed by atoms with van der Waals surface area (Å²) in [7, 11) is 0. The van der Waals surface area contributed by atoms with Gasteiger partial charge < -0.3 is 4.90 Å². The lowest BCUT2D eigenvalue weighted by molar-refractivity contribution is -0.129. The summed E-state index contributed by atoms with van der Waals surface area (Å²) in [5, 5.41) is 0. The fourth-order valence-corrected chi connectivity index (χ4v) is 2.43. The minimum Gasteiger partial charge on any atom is -0.335 e. The van der Waals surface area contributed by atoms with E-state index < -0.39 is 0 Å². The predicted octanol–water partition coefficient (Wildman–Crippen LogP) is 2.90. The molecular formula is C13H16ClNO. The highest BCUT2D eigenvalue weighted by atomic mass is 35.5. The maximum atomic E-state index is 11.7. The quantitative estimate of drug-likeness (QED) is 0.725. The second kappa shape index (κ2) is 4.88. The number of amides is 1. The van der Waals surface area contributed by atoms with Crippen LogP contribution in [0.25, 0.3) is 0 Å². The van der Waals surface area contributed by atoms with Crippen molar-refractivity contribution in [3.63, 3.8) is 0 Å². The molecule has 1 aromatic rings. The van der Waals surface area contributed by atoms with Crippen LogP contribution in [0.1, 0.15) is 30.0 Å². The van der Waals surface area contributed by atoms with E-state index in [1.54, 1.807) is 0 Å². The average molecular weight is 238 g/mol. The molecule has 1 amide bonds. The van der Waals surface area contributed by atoms with E-state index in [2.05, 4.69) is 31.2 Å². The van der Waals surface area contributed by atoms with Crippen molar-refractivity contribution in [2.75, 3.05) is 12.4 Å². The van der Waals surface area contributed by atoms with Gasteiger partial charge in [0.1, 0.15) is 5.88 Å². The van der Waals surface area contributed by atoms with Crippen molar-refractivity contribution in [1.82, 2.24) is 4.90 Å². The van der Waals surface area contributed by atoms with Crippen LogP contribution >= 0.6 is 11.6 Å². The van der Waals surface area contributed by atoms with Gasteiger partial charge >= 0.3 is 0 Å². The molecule has 1 aliphatic rings. The number of carbonyl (C=O) groups excluding carboxylic acids is 1. The molecule has 0 saturated carbocycles. The van der Waals surface area contributed by atoms with Crippen LogP contribution < -0.4 is 0 Å². The van der Waals surface area contributed by atoms with E-state index in [-0.39, 0.29) is 17.8 Å². The molecule has 16 heavy (non-hydrogen) atoms. The Labute approximate surface area is 101 Å². The summed E-state index contributed by atoms with van der Waals surface area (Å²) in [6, 6.07) is 8.64. The maximum absolute atomic E-state index is 11.7. The fourth-order valence-electron chi connectivity index (χ4n) is 2.28. The highest BCUT2D eigenvalue weighted by Gasteiger charge is 2.28. The number of aryl methyl sites for hydroxylation is 1. The molecule has 1 unspecified atom stereocenters. The molecule has 1 heterocycles. The van der Waals surface area contributed by atoms with Gasteiger partial charge in [0, 0.05) is 6.54 Å². The van der Waals surface area contributed by atoms with Gasteiger partial charge in [-0.1, -0.05) is 29.8 Å². The first-order valence-electron chi connectivity index (χ1n) is 5.64. The third-order valence-electron chi connectivity index (χ3n) is 3.15. The number of hydrogen-bond acceptors (Lipinski definition) is 1. The van der Waals surface area contributed by atoms with Gasteiger partial charge in [-0.15, -0.1) is 11.6 Å². The summed E-state index contributed by atoms with van der Waals surface area (Å²) in [6.45, 7) is 2.91. The van der Waals surface area contributed by atoms with Crippen molar-refractivity contribution in [2.24, 2.45) is 0 Å². The number of rotatable bonds is 2. The Morgan fingerprint density at radius 1 is 1.44 bits per heavy atom. The van der Waals surface area contributed by atoms with Gasteiger partial charge in [0.25, 0.3) is 0 Å². The van der Waals surface area contributed by atoms with E-state index in [9.17, 15) is 4.79 Å². The van der Waals surface area contributed by atoms with Crippen molar-refractivity contribution in [3.8, 4) is 0 Å². The highest BCUT2D eigenvalue weighted by Crippen LogP contribution is 2.32. The molecule has 0 N–H and O–H groups in total. The Bertz CT molecular complexity index is 374. The molecule has 1 aromatic carbocycles. The first-order valence-corrected chi connectivity index (χ1v) is 6.18. The van der Waals surface area contributed by atoms with E-state index in [1.165, 1.54) is 11.1 Å². The number of likely N-dealkylation sites (tertiary alicyclic amines) is 1. The van der Waals surface area contributed by atoms with Gasteiger partial charge in [-0.3, -0.25) is 4.79 Å². The summed E-state index contributed by atoms with van der Waals surface area (Å²) in [5.74, 6) is 0.132. The van der Waals surface area contributed by atoms with Crippen LogP contribution in [0, 0.1) is 6.92 Å². The Hall–Kier alpha value is -1.02. The Balaban J connectivity index is 2.19. The van der Waals surface area contributed by atoms with Crippen molar-refractivity contribution in [2.45, 2.75) is 25.8 Å². The summed E-state index contributed by atoms with van der Waals surface area (Å²) in [6.07, 6.45) is 2.12. The Morgan fingerprint density at radius 2 is 2.12 bits per heavy atom. The largest absolute Gasteiger partial charge is 0.335 e. The van der Waals surface area contributed by atoms with Crippen LogP contribution in [-0.4, -0.2) is 23.2 Å². The first-order chi connectivity index (χ1) is 7.72. The van der Waals surface area contributed by atoms with Crippen molar-refractivity contribution >= 4 is 17.5 Å². The number of carbonyl (C=O) groups is 1. The zero-order chi connectivity index (χ0) is 11.5. The van der Waals surface area contributed by atoms with Gasteiger partial charge in [0.15, 0.2) is 0 Å². The molecule has 86 valence electrons.